The molecule has 0 radical (unpaired) electrons. The predicted molar refractivity (Wildman–Crippen MR) is 128 cm³/mol. The Bertz CT molecular complexity index is 1080. The molecule has 0 saturated carbocycles. The Morgan fingerprint density at radius 1 is 0.939 bits per heavy atom. The molecule has 0 aliphatic carbocycles. The first-order valence-corrected chi connectivity index (χ1v) is 11.6. The van der Waals surface area contributed by atoms with E-state index >= 15 is 0 Å². The molecule has 0 atom stereocenters. The van der Waals surface area contributed by atoms with Crippen molar-refractivity contribution in [3.05, 3.63) is 84.4 Å². The van der Waals surface area contributed by atoms with Crippen LogP contribution in [0.15, 0.2) is 73.3 Å². The lowest BCUT2D eigenvalue weighted by Gasteiger charge is -2.41. The van der Waals surface area contributed by atoms with Gasteiger partial charge in [-0.05, 0) is 66.6 Å². The summed E-state index contributed by atoms with van der Waals surface area (Å²) in [4.78, 5) is 36.4. The van der Waals surface area contributed by atoms with Crippen molar-refractivity contribution in [2.75, 3.05) is 19.6 Å². The molecule has 1 saturated heterocycles. The Hall–Kier alpha value is -3.54. The van der Waals surface area contributed by atoms with E-state index in [9.17, 15) is 9.59 Å². The van der Waals surface area contributed by atoms with Gasteiger partial charge in [0.2, 0.25) is 5.91 Å². The van der Waals surface area contributed by atoms with E-state index in [1.54, 1.807) is 36.9 Å². The number of rotatable bonds is 7. The Morgan fingerprint density at radius 2 is 1.58 bits per heavy atom. The second kappa shape index (κ2) is 10.4. The van der Waals surface area contributed by atoms with E-state index in [4.69, 9.17) is 0 Å². The summed E-state index contributed by atoms with van der Waals surface area (Å²) in [6.45, 7) is 3.82. The highest BCUT2D eigenvalue weighted by Crippen LogP contribution is 2.38. The molecule has 3 aromatic rings. The normalized spacial score (nSPS) is 15.1. The van der Waals surface area contributed by atoms with Gasteiger partial charge in [0, 0.05) is 50.0 Å². The molecule has 1 aromatic carbocycles. The largest absolute Gasteiger partial charge is 0.356 e. The number of pyridine rings is 2. The van der Waals surface area contributed by atoms with Crippen molar-refractivity contribution in [3.63, 3.8) is 0 Å². The summed E-state index contributed by atoms with van der Waals surface area (Å²) in [5.74, 6) is 0.0852. The molecule has 170 valence electrons. The number of nitrogens with one attached hydrogen (secondary N) is 1. The van der Waals surface area contributed by atoms with Gasteiger partial charge in [0.1, 0.15) is 0 Å². The van der Waals surface area contributed by atoms with Crippen LogP contribution in [0.4, 0.5) is 0 Å². The van der Waals surface area contributed by atoms with Gasteiger partial charge in [-0.3, -0.25) is 19.6 Å². The molecule has 0 spiro atoms. The van der Waals surface area contributed by atoms with Crippen molar-refractivity contribution in [1.29, 1.82) is 0 Å². The SMILES string of the molecule is CCCNC(=O)C1(Cc2ccccc2-c2ccncc2)CCN(C(=O)c2ccncc2)CC1. The highest BCUT2D eigenvalue weighted by atomic mass is 16.2. The minimum atomic E-state index is -0.548. The van der Waals surface area contributed by atoms with Crippen LogP contribution in [0.25, 0.3) is 11.1 Å². The number of piperidine rings is 1. The molecule has 6 nitrogen and oxygen atoms in total. The highest BCUT2D eigenvalue weighted by molar-refractivity contribution is 5.94. The maximum absolute atomic E-state index is 13.4. The molecular weight excluding hydrogens is 412 g/mol. The second-order valence-electron chi connectivity index (χ2n) is 8.63. The molecule has 1 N–H and O–H groups in total. The van der Waals surface area contributed by atoms with E-state index < -0.39 is 5.41 Å². The van der Waals surface area contributed by atoms with Crippen LogP contribution in [0.1, 0.15) is 42.1 Å². The van der Waals surface area contributed by atoms with Crippen LogP contribution in [0, 0.1) is 5.41 Å². The second-order valence-corrected chi connectivity index (χ2v) is 8.63. The minimum absolute atomic E-state index is 0.00264. The first kappa shape index (κ1) is 22.6. The van der Waals surface area contributed by atoms with Crippen molar-refractivity contribution in [3.8, 4) is 11.1 Å². The zero-order valence-electron chi connectivity index (χ0n) is 19.0. The third-order valence-corrected chi connectivity index (χ3v) is 6.49. The lowest BCUT2D eigenvalue weighted by atomic mass is 9.72. The lowest BCUT2D eigenvalue weighted by Crippen LogP contribution is -2.51. The molecule has 3 heterocycles. The van der Waals surface area contributed by atoms with Crippen molar-refractivity contribution in [1.82, 2.24) is 20.2 Å². The molecule has 0 bridgehead atoms. The summed E-state index contributed by atoms with van der Waals surface area (Å²) in [6.07, 6.45) is 9.64. The fourth-order valence-corrected chi connectivity index (χ4v) is 4.58. The first-order valence-electron chi connectivity index (χ1n) is 11.6. The number of amides is 2. The van der Waals surface area contributed by atoms with Crippen molar-refractivity contribution in [2.24, 2.45) is 5.41 Å². The molecule has 6 heteroatoms. The third kappa shape index (κ3) is 5.11. The number of hydrogen-bond acceptors (Lipinski definition) is 4. The molecule has 4 rings (SSSR count). The van der Waals surface area contributed by atoms with E-state index in [1.807, 2.05) is 29.2 Å². The van der Waals surface area contributed by atoms with Crippen LogP contribution in [-0.4, -0.2) is 46.3 Å². The zero-order valence-corrected chi connectivity index (χ0v) is 19.0. The maximum Gasteiger partial charge on any atom is 0.253 e. The van der Waals surface area contributed by atoms with Gasteiger partial charge in [0.05, 0.1) is 5.41 Å². The van der Waals surface area contributed by atoms with E-state index in [1.165, 1.54) is 0 Å². The smallest absolute Gasteiger partial charge is 0.253 e. The number of benzene rings is 1. The summed E-state index contributed by atoms with van der Waals surface area (Å²) in [5, 5.41) is 3.14. The van der Waals surface area contributed by atoms with E-state index in [2.05, 4.69) is 34.3 Å². The number of carbonyl (C=O) groups excluding carboxylic acids is 2. The van der Waals surface area contributed by atoms with Gasteiger partial charge in [-0.1, -0.05) is 31.2 Å². The van der Waals surface area contributed by atoms with Gasteiger partial charge in [0.25, 0.3) is 5.91 Å². The van der Waals surface area contributed by atoms with E-state index in [0.29, 0.717) is 44.5 Å². The summed E-state index contributed by atoms with van der Waals surface area (Å²) in [6, 6.07) is 15.7. The summed E-state index contributed by atoms with van der Waals surface area (Å²) >= 11 is 0. The lowest BCUT2D eigenvalue weighted by molar-refractivity contribution is -0.133. The Kier molecular flexibility index (Phi) is 7.13. The van der Waals surface area contributed by atoms with Gasteiger partial charge < -0.3 is 10.2 Å². The van der Waals surface area contributed by atoms with Crippen LogP contribution >= 0.6 is 0 Å². The quantitative estimate of drug-likeness (QED) is 0.597. The Morgan fingerprint density at radius 3 is 2.24 bits per heavy atom. The van der Waals surface area contributed by atoms with Crippen LogP contribution in [0.5, 0.6) is 0 Å². The number of carbonyl (C=O) groups is 2. The van der Waals surface area contributed by atoms with Gasteiger partial charge in [-0.25, -0.2) is 0 Å². The number of hydrogen-bond donors (Lipinski definition) is 1. The van der Waals surface area contributed by atoms with Crippen LogP contribution in [0.3, 0.4) is 0 Å². The standard InChI is InChI=1S/C27H30N4O2/c1-2-13-30-26(33)27(11-18-31(19-12-27)25(32)22-9-16-29-17-10-22)20-23-5-3-4-6-24(23)21-7-14-28-15-8-21/h3-10,14-17H,2,11-13,18-20H2,1H3,(H,30,33). The highest BCUT2D eigenvalue weighted by Gasteiger charge is 2.42. The van der Waals surface area contributed by atoms with Crippen molar-refractivity contribution < 1.29 is 9.59 Å². The molecule has 2 amide bonds. The number of aromatic nitrogens is 2. The van der Waals surface area contributed by atoms with E-state index in [-0.39, 0.29) is 11.8 Å². The predicted octanol–water partition coefficient (Wildman–Crippen LogP) is 4.13. The van der Waals surface area contributed by atoms with Gasteiger partial charge in [0.15, 0.2) is 0 Å². The Labute approximate surface area is 195 Å². The van der Waals surface area contributed by atoms with Gasteiger partial charge in [-0.15, -0.1) is 0 Å². The zero-order chi connectivity index (χ0) is 23.1. The molecule has 2 aromatic heterocycles. The molecule has 33 heavy (non-hydrogen) atoms. The van der Waals surface area contributed by atoms with E-state index in [0.717, 1.165) is 23.1 Å². The monoisotopic (exact) mass is 442 g/mol. The third-order valence-electron chi connectivity index (χ3n) is 6.49. The number of nitrogens with zero attached hydrogens (tertiary/aromatic N) is 3. The van der Waals surface area contributed by atoms with Crippen LogP contribution < -0.4 is 5.32 Å². The Balaban J connectivity index is 1.59. The van der Waals surface area contributed by atoms with Gasteiger partial charge >= 0.3 is 0 Å². The first-order chi connectivity index (χ1) is 16.1. The summed E-state index contributed by atoms with van der Waals surface area (Å²) < 4.78 is 0. The van der Waals surface area contributed by atoms with Crippen LogP contribution in [-0.2, 0) is 11.2 Å². The minimum Gasteiger partial charge on any atom is -0.356 e. The summed E-state index contributed by atoms with van der Waals surface area (Å²) in [7, 11) is 0. The van der Waals surface area contributed by atoms with Crippen molar-refractivity contribution >= 4 is 11.8 Å². The molecule has 1 aliphatic rings. The van der Waals surface area contributed by atoms with Crippen LogP contribution in [0.2, 0.25) is 0 Å². The van der Waals surface area contributed by atoms with Crippen molar-refractivity contribution in [2.45, 2.75) is 32.6 Å². The average molecular weight is 443 g/mol. The van der Waals surface area contributed by atoms with Gasteiger partial charge in [-0.2, -0.15) is 0 Å². The fraction of sp³-hybridized carbons (Fsp3) is 0.333. The molecular formula is C27H30N4O2. The fourth-order valence-electron chi connectivity index (χ4n) is 4.58. The molecule has 1 fully saturated rings. The summed E-state index contributed by atoms with van der Waals surface area (Å²) in [5.41, 5.74) is 3.45. The number of likely N-dealkylation sites (tertiary alicyclic amines) is 1. The maximum atomic E-state index is 13.4. The topological polar surface area (TPSA) is 75.2 Å². The average Bonchev–Trinajstić information content (AvgIpc) is 2.88. The molecule has 1 aliphatic heterocycles. The molecule has 0 unspecified atom stereocenters.